The molecular weight excluding hydrogens is 438 g/mol. The highest BCUT2D eigenvalue weighted by atomic mass is 32.1. The van der Waals surface area contributed by atoms with Gasteiger partial charge in [-0.3, -0.25) is 4.98 Å². The van der Waals surface area contributed by atoms with Crippen LogP contribution in [0.4, 0.5) is 0 Å². The minimum Gasteiger partial charge on any atom is -0.339 e. The zero-order valence-corrected chi connectivity index (χ0v) is 20.6. The number of pyridine rings is 1. The van der Waals surface area contributed by atoms with Crippen molar-refractivity contribution in [3.8, 4) is 22.4 Å². The first-order chi connectivity index (χ1) is 16.3. The van der Waals surface area contributed by atoms with Crippen molar-refractivity contribution in [1.82, 2.24) is 4.98 Å². The van der Waals surface area contributed by atoms with Gasteiger partial charge in [-0.05, 0) is 57.0 Å². The smallest absolute Gasteiger partial charge is 0.186 e. The third-order valence-corrected chi connectivity index (χ3v) is 8.44. The van der Waals surface area contributed by atoms with Crippen molar-refractivity contribution in [2.24, 2.45) is 0 Å². The molecule has 0 saturated carbocycles. The maximum atomic E-state index is 6.44. The Kier molecular flexibility index (Phi) is 4.89. The topological polar surface area (TPSA) is 31.4 Å². The van der Waals surface area contributed by atoms with Gasteiger partial charge in [-0.1, -0.05) is 60.7 Å². The van der Waals surface area contributed by atoms with Gasteiger partial charge in [-0.2, -0.15) is 0 Å². The average molecular weight is 466 g/mol. The van der Waals surface area contributed by atoms with E-state index in [-0.39, 0.29) is 17.5 Å². The zero-order chi connectivity index (χ0) is 23.5. The number of nitrogens with zero attached hydrogens (tertiary/aromatic N) is 1. The molecule has 0 radical (unpaired) electrons. The van der Waals surface area contributed by atoms with Gasteiger partial charge < -0.3 is 9.47 Å². The van der Waals surface area contributed by atoms with Crippen LogP contribution < -0.4 is 0 Å². The predicted molar refractivity (Wildman–Crippen MR) is 141 cm³/mol. The molecule has 1 aliphatic rings. The van der Waals surface area contributed by atoms with E-state index in [1.54, 1.807) is 0 Å². The van der Waals surface area contributed by atoms with Gasteiger partial charge in [-0.25, -0.2) is 0 Å². The molecule has 3 heterocycles. The molecule has 3 nitrogen and oxygen atoms in total. The first-order valence-electron chi connectivity index (χ1n) is 11.7. The van der Waals surface area contributed by atoms with Crippen LogP contribution in [0.15, 0.2) is 85.1 Å². The van der Waals surface area contributed by atoms with Crippen LogP contribution in [-0.2, 0) is 9.47 Å². The number of rotatable bonds is 3. The Bertz CT molecular complexity index is 1480. The van der Waals surface area contributed by atoms with Crippen LogP contribution in [0, 0.1) is 0 Å². The number of thiophene rings is 1. The Balaban J connectivity index is 1.51. The van der Waals surface area contributed by atoms with E-state index >= 15 is 0 Å². The molecule has 0 aliphatic carbocycles. The molecule has 0 unspecified atom stereocenters. The monoisotopic (exact) mass is 465 g/mol. The summed E-state index contributed by atoms with van der Waals surface area (Å²) in [5, 5.41) is 2.53. The summed E-state index contributed by atoms with van der Waals surface area (Å²) in [5.74, 6) is 0. The van der Waals surface area contributed by atoms with E-state index in [1.165, 1.54) is 31.3 Å². The van der Waals surface area contributed by atoms with Gasteiger partial charge in [0.2, 0.25) is 0 Å². The van der Waals surface area contributed by atoms with E-state index < -0.39 is 0 Å². The quantitative estimate of drug-likeness (QED) is 0.268. The second kappa shape index (κ2) is 7.74. The molecule has 0 N–H and O–H groups in total. The normalized spacial score (nSPS) is 17.5. The third-order valence-electron chi connectivity index (χ3n) is 7.22. The van der Waals surface area contributed by atoms with E-state index in [0.29, 0.717) is 0 Å². The zero-order valence-electron chi connectivity index (χ0n) is 19.8. The molecule has 5 aromatic rings. The van der Waals surface area contributed by atoms with Gasteiger partial charge >= 0.3 is 0 Å². The maximum absolute atomic E-state index is 6.44. The van der Waals surface area contributed by atoms with Crippen LogP contribution in [0.25, 0.3) is 42.6 Å². The highest BCUT2D eigenvalue weighted by Gasteiger charge is 2.50. The number of aromatic nitrogens is 1. The standard InChI is InChI=1S/C30H27NO2S/c1-29(2)30(3,4)33-28(32-29)23-17-16-21(26-22-9-5-6-11-25(22)34-27(23)26)19-12-14-20(15-13-19)24-10-7-8-18-31-24/h5-18,28H,1-4H3. The summed E-state index contributed by atoms with van der Waals surface area (Å²) in [6.45, 7) is 8.42. The molecule has 1 aliphatic heterocycles. The highest BCUT2D eigenvalue weighted by Crippen LogP contribution is 2.49. The number of benzene rings is 3. The predicted octanol–water partition coefficient (Wildman–Crippen LogP) is 8.39. The number of ether oxygens (including phenoxy) is 2. The van der Waals surface area contributed by atoms with E-state index in [9.17, 15) is 0 Å². The molecule has 1 saturated heterocycles. The van der Waals surface area contributed by atoms with Crippen LogP contribution in [0.5, 0.6) is 0 Å². The Morgan fingerprint density at radius 3 is 2.12 bits per heavy atom. The van der Waals surface area contributed by atoms with Crippen LogP contribution >= 0.6 is 11.3 Å². The van der Waals surface area contributed by atoms with E-state index in [4.69, 9.17) is 9.47 Å². The van der Waals surface area contributed by atoms with Crippen molar-refractivity contribution in [1.29, 1.82) is 0 Å². The average Bonchev–Trinajstić information content (AvgIpc) is 3.33. The summed E-state index contributed by atoms with van der Waals surface area (Å²) in [4.78, 5) is 4.49. The minimum atomic E-state index is -0.388. The number of hydrogen-bond acceptors (Lipinski definition) is 4. The molecule has 2 aromatic heterocycles. The van der Waals surface area contributed by atoms with Crippen molar-refractivity contribution >= 4 is 31.5 Å². The molecule has 0 spiro atoms. The Morgan fingerprint density at radius 2 is 1.41 bits per heavy atom. The Morgan fingerprint density at radius 1 is 0.735 bits per heavy atom. The molecule has 0 amide bonds. The summed E-state index contributed by atoms with van der Waals surface area (Å²) < 4.78 is 15.4. The summed E-state index contributed by atoms with van der Waals surface area (Å²) in [6.07, 6.45) is 1.44. The summed E-state index contributed by atoms with van der Waals surface area (Å²) in [5.41, 5.74) is 4.86. The highest BCUT2D eigenvalue weighted by molar-refractivity contribution is 7.26. The first-order valence-corrected chi connectivity index (χ1v) is 12.5. The van der Waals surface area contributed by atoms with Gasteiger partial charge in [0.15, 0.2) is 6.29 Å². The molecular formula is C30H27NO2S. The van der Waals surface area contributed by atoms with E-state index in [1.807, 2.05) is 35.7 Å². The molecule has 6 rings (SSSR count). The summed E-state index contributed by atoms with van der Waals surface area (Å²) >= 11 is 1.81. The molecule has 1 fully saturated rings. The minimum absolute atomic E-state index is 0.374. The van der Waals surface area contributed by atoms with E-state index in [0.717, 1.165) is 16.8 Å². The lowest BCUT2D eigenvalue weighted by atomic mass is 9.90. The maximum Gasteiger partial charge on any atom is 0.186 e. The molecule has 3 aromatic carbocycles. The van der Waals surface area contributed by atoms with E-state index in [2.05, 4.69) is 93.3 Å². The molecule has 0 bridgehead atoms. The Labute approximate surface area is 204 Å². The van der Waals surface area contributed by atoms with Crippen molar-refractivity contribution < 1.29 is 9.47 Å². The fourth-order valence-corrected chi connectivity index (χ4v) is 5.85. The van der Waals surface area contributed by atoms with Crippen LogP contribution in [0.1, 0.15) is 39.5 Å². The lowest BCUT2D eigenvalue weighted by molar-refractivity contribution is -0.0884. The molecule has 34 heavy (non-hydrogen) atoms. The summed E-state index contributed by atoms with van der Waals surface area (Å²) in [7, 11) is 0. The largest absolute Gasteiger partial charge is 0.339 e. The molecule has 4 heteroatoms. The van der Waals surface area contributed by atoms with Crippen LogP contribution in [-0.4, -0.2) is 16.2 Å². The fourth-order valence-electron chi connectivity index (χ4n) is 4.60. The SMILES string of the molecule is CC1(C)OC(c2ccc(-c3ccc(-c4ccccn4)cc3)c3c2sc2ccccc23)OC1(C)C. The number of fused-ring (bicyclic) bond motifs is 3. The van der Waals surface area contributed by atoms with Gasteiger partial charge in [0.25, 0.3) is 0 Å². The fraction of sp³-hybridized carbons (Fsp3) is 0.233. The van der Waals surface area contributed by atoms with Crippen molar-refractivity contribution in [3.05, 3.63) is 90.6 Å². The lowest BCUT2D eigenvalue weighted by Crippen LogP contribution is -2.41. The van der Waals surface area contributed by atoms with Crippen molar-refractivity contribution in [3.63, 3.8) is 0 Å². The van der Waals surface area contributed by atoms with Crippen molar-refractivity contribution in [2.45, 2.75) is 45.2 Å². The molecule has 170 valence electrons. The van der Waals surface area contributed by atoms with Gasteiger partial charge in [0.05, 0.1) is 16.9 Å². The second-order valence-electron chi connectivity index (χ2n) is 9.89. The lowest BCUT2D eigenvalue weighted by Gasteiger charge is -2.30. The first kappa shape index (κ1) is 21.5. The Hall–Kier alpha value is -3.05. The van der Waals surface area contributed by atoms with Gasteiger partial charge in [-0.15, -0.1) is 11.3 Å². The van der Waals surface area contributed by atoms with Crippen LogP contribution in [0.2, 0.25) is 0 Å². The third kappa shape index (κ3) is 3.37. The molecule has 0 atom stereocenters. The number of hydrogen-bond donors (Lipinski definition) is 0. The van der Waals surface area contributed by atoms with Gasteiger partial charge in [0.1, 0.15) is 0 Å². The van der Waals surface area contributed by atoms with Gasteiger partial charge in [0, 0.05) is 37.5 Å². The summed E-state index contributed by atoms with van der Waals surface area (Å²) in [6, 6.07) is 27.7. The van der Waals surface area contributed by atoms with Crippen molar-refractivity contribution in [2.75, 3.05) is 0 Å². The second-order valence-corrected chi connectivity index (χ2v) is 10.9. The van der Waals surface area contributed by atoms with Crippen LogP contribution in [0.3, 0.4) is 0 Å².